The van der Waals surface area contributed by atoms with Crippen molar-refractivity contribution in [2.24, 2.45) is 7.05 Å². The van der Waals surface area contributed by atoms with Crippen LogP contribution < -0.4 is 4.74 Å². The quantitative estimate of drug-likeness (QED) is 0.792. The van der Waals surface area contributed by atoms with Crippen LogP contribution in [-0.4, -0.2) is 26.9 Å². The molecule has 0 radical (unpaired) electrons. The number of ether oxygens (including phenoxy) is 1. The van der Waals surface area contributed by atoms with Crippen LogP contribution in [0.5, 0.6) is 5.88 Å². The van der Waals surface area contributed by atoms with E-state index in [0.717, 1.165) is 13.3 Å². The Morgan fingerprint density at radius 2 is 1.94 bits per heavy atom. The van der Waals surface area contributed by atoms with Crippen molar-refractivity contribution in [3.05, 3.63) is 5.69 Å². The zero-order chi connectivity index (χ0) is 13.4. The fourth-order valence-corrected chi connectivity index (χ4v) is 2.00. The molecule has 17 heavy (non-hydrogen) atoms. The second-order valence-electron chi connectivity index (χ2n) is 2.94. The fraction of sp³-hybridized carbons (Fsp3) is 0.571. The molecule has 0 spiro atoms. The zero-order valence-electron chi connectivity index (χ0n) is 8.59. The molecule has 1 aromatic heterocycles. The maximum Gasteiger partial charge on any atom is 0.436 e. The summed E-state index contributed by atoms with van der Waals surface area (Å²) in [4.78, 5) is -0.889. The molecule has 0 saturated heterocycles. The number of hydrogen-bond donors (Lipinski definition) is 0. The third kappa shape index (κ3) is 2.93. The molecule has 10 heteroatoms. The summed E-state index contributed by atoms with van der Waals surface area (Å²) in [6.45, 7) is -3.33. The number of halogens is 5. The lowest BCUT2D eigenvalue weighted by atomic mass is 10.4. The van der Waals surface area contributed by atoms with Gasteiger partial charge in [-0.2, -0.15) is 27.1 Å². The van der Waals surface area contributed by atoms with Gasteiger partial charge in [0, 0.05) is 13.3 Å². The van der Waals surface area contributed by atoms with Crippen LogP contribution in [-0.2, 0) is 24.0 Å². The normalized spacial score (nSPS) is 14.1. The highest BCUT2D eigenvalue weighted by Gasteiger charge is 2.41. The van der Waals surface area contributed by atoms with Crippen molar-refractivity contribution in [1.29, 1.82) is 0 Å². The number of rotatable bonds is 3. The van der Waals surface area contributed by atoms with E-state index in [2.05, 4.69) is 9.84 Å². The molecule has 0 amide bonds. The summed E-state index contributed by atoms with van der Waals surface area (Å²) in [7, 11) is -1.17. The molecule has 0 aliphatic heterocycles. The molecule has 4 nitrogen and oxygen atoms in total. The number of nitrogens with zero attached hydrogens (tertiary/aromatic N) is 2. The Morgan fingerprint density at radius 1 is 1.41 bits per heavy atom. The Balaban J connectivity index is 3.40. The number of hydrogen-bond acceptors (Lipinski definition) is 3. The largest absolute Gasteiger partial charge is 0.436 e. The third-order valence-corrected chi connectivity index (χ3v) is 2.65. The summed E-state index contributed by atoms with van der Waals surface area (Å²) >= 11 is 0. The van der Waals surface area contributed by atoms with E-state index >= 15 is 0 Å². The van der Waals surface area contributed by atoms with Crippen LogP contribution in [0.1, 0.15) is 5.69 Å². The predicted molar refractivity (Wildman–Crippen MR) is 47.2 cm³/mol. The van der Waals surface area contributed by atoms with Crippen molar-refractivity contribution in [2.75, 3.05) is 6.26 Å². The van der Waals surface area contributed by atoms with Crippen molar-refractivity contribution in [1.82, 2.24) is 9.78 Å². The van der Waals surface area contributed by atoms with Gasteiger partial charge >= 0.3 is 12.8 Å². The Morgan fingerprint density at radius 3 is 2.29 bits per heavy atom. The van der Waals surface area contributed by atoms with Crippen molar-refractivity contribution in [3.8, 4) is 5.88 Å². The summed E-state index contributed by atoms with van der Waals surface area (Å²) in [5, 5.41) is 3.00. The van der Waals surface area contributed by atoms with Gasteiger partial charge in [0.2, 0.25) is 5.88 Å². The Bertz CT molecular complexity index is 442. The van der Waals surface area contributed by atoms with Gasteiger partial charge in [-0.3, -0.25) is 4.21 Å². The molecule has 1 atom stereocenters. The zero-order valence-corrected chi connectivity index (χ0v) is 9.40. The molecule has 0 aliphatic rings. The van der Waals surface area contributed by atoms with Crippen LogP contribution in [0.15, 0.2) is 4.90 Å². The van der Waals surface area contributed by atoms with Gasteiger partial charge in [0.05, 0.1) is 10.8 Å². The number of aromatic nitrogens is 2. The molecule has 0 aromatic carbocycles. The van der Waals surface area contributed by atoms with Crippen LogP contribution in [0, 0.1) is 0 Å². The summed E-state index contributed by atoms with van der Waals surface area (Å²) < 4.78 is 77.0. The van der Waals surface area contributed by atoms with E-state index in [-0.39, 0.29) is 0 Å². The minimum absolute atomic E-state index is 0.478. The second kappa shape index (κ2) is 4.59. The van der Waals surface area contributed by atoms with Crippen LogP contribution in [0.4, 0.5) is 22.0 Å². The van der Waals surface area contributed by atoms with E-state index in [1.54, 1.807) is 0 Å². The maximum absolute atomic E-state index is 12.5. The lowest BCUT2D eigenvalue weighted by Gasteiger charge is -2.07. The highest BCUT2D eigenvalue weighted by Crippen LogP contribution is 2.37. The third-order valence-electron chi connectivity index (χ3n) is 1.71. The average molecular weight is 278 g/mol. The standard InChI is InChI=1S/C7H7F5N2O2S/c1-14-5(16-6(8)9)3(17(2)15)4(13-14)7(10,11)12/h6H,1-2H3. The summed E-state index contributed by atoms with van der Waals surface area (Å²) in [6, 6.07) is 0. The van der Waals surface area contributed by atoms with Gasteiger partial charge in [0.15, 0.2) is 5.69 Å². The summed E-state index contributed by atoms with van der Waals surface area (Å²) in [5.74, 6) is -0.854. The molecule has 98 valence electrons. The Kier molecular flexibility index (Phi) is 3.74. The molecular weight excluding hydrogens is 271 g/mol. The van der Waals surface area contributed by atoms with Crippen LogP contribution in [0.25, 0.3) is 0 Å². The van der Waals surface area contributed by atoms with Gasteiger partial charge in [0.25, 0.3) is 0 Å². The van der Waals surface area contributed by atoms with Gasteiger partial charge in [-0.15, -0.1) is 0 Å². The van der Waals surface area contributed by atoms with E-state index in [1.165, 1.54) is 0 Å². The van der Waals surface area contributed by atoms with E-state index < -0.39 is 40.1 Å². The smallest absolute Gasteiger partial charge is 0.416 e. The van der Waals surface area contributed by atoms with Crippen molar-refractivity contribution >= 4 is 10.8 Å². The van der Waals surface area contributed by atoms with Gasteiger partial charge in [-0.25, -0.2) is 4.68 Å². The molecule has 0 bridgehead atoms. The molecule has 1 unspecified atom stereocenters. The first kappa shape index (κ1) is 13.9. The minimum Gasteiger partial charge on any atom is -0.416 e. The van der Waals surface area contributed by atoms with Gasteiger partial charge in [0.1, 0.15) is 4.90 Å². The average Bonchev–Trinajstić information content (AvgIpc) is 2.42. The summed E-state index contributed by atoms with van der Waals surface area (Å²) in [6.07, 6.45) is -3.97. The molecule has 0 fully saturated rings. The van der Waals surface area contributed by atoms with Crippen molar-refractivity contribution in [2.45, 2.75) is 17.7 Å². The second-order valence-corrected chi connectivity index (χ2v) is 4.25. The van der Waals surface area contributed by atoms with Crippen LogP contribution in [0.2, 0.25) is 0 Å². The van der Waals surface area contributed by atoms with Crippen LogP contribution in [0.3, 0.4) is 0 Å². The molecule has 0 N–H and O–H groups in total. The molecule has 1 rings (SSSR count). The minimum atomic E-state index is -4.89. The van der Waals surface area contributed by atoms with Crippen molar-refractivity contribution in [3.63, 3.8) is 0 Å². The van der Waals surface area contributed by atoms with Crippen molar-refractivity contribution < 1.29 is 30.9 Å². The Labute approximate surface area is 94.8 Å². The first-order valence-electron chi connectivity index (χ1n) is 4.07. The van der Waals surface area contributed by atoms with Gasteiger partial charge < -0.3 is 4.74 Å². The van der Waals surface area contributed by atoms with Crippen LogP contribution >= 0.6 is 0 Å². The molecule has 0 aliphatic carbocycles. The van der Waals surface area contributed by atoms with Gasteiger partial charge in [-0.05, 0) is 0 Å². The number of alkyl halides is 5. The van der Waals surface area contributed by atoms with Gasteiger partial charge in [-0.1, -0.05) is 0 Å². The molecular formula is C7H7F5N2O2S. The lowest BCUT2D eigenvalue weighted by molar-refractivity contribution is -0.143. The maximum atomic E-state index is 12.5. The van der Waals surface area contributed by atoms with E-state index in [4.69, 9.17) is 0 Å². The topological polar surface area (TPSA) is 44.1 Å². The number of aryl methyl sites for hydroxylation is 1. The Hall–Kier alpha value is -1.19. The highest BCUT2D eigenvalue weighted by atomic mass is 32.2. The van der Waals surface area contributed by atoms with E-state index in [1.807, 2.05) is 0 Å². The van der Waals surface area contributed by atoms with E-state index in [9.17, 15) is 26.2 Å². The first-order valence-corrected chi connectivity index (χ1v) is 5.62. The van der Waals surface area contributed by atoms with E-state index in [0.29, 0.717) is 4.68 Å². The first-order chi connectivity index (χ1) is 7.64. The fourth-order valence-electron chi connectivity index (χ4n) is 1.15. The SMILES string of the molecule is Cn1nc(C(F)(F)F)c(S(C)=O)c1OC(F)F. The summed E-state index contributed by atoms with van der Waals surface area (Å²) in [5.41, 5.74) is -1.49. The predicted octanol–water partition coefficient (Wildman–Crippen LogP) is 1.78. The molecule has 0 saturated carbocycles. The molecule has 1 aromatic rings. The lowest BCUT2D eigenvalue weighted by Crippen LogP contribution is -2.10. The monoisotopic (exact) mass is 278 g/mol. The highest BCUT2D eigenvalue weighted by molar-refractivity contribution is 7.84. The molecule has 1 heterocycles.